The molecule has 0 amide bonds. The Morgan fingerprint density at radius 1 is 0.667 bits per heavy atom. The Balaban J connectivity index is 1.95. The molecule has 0 radical (unpaired) electrons. The molecule has 2 saturated heterocycles. The van der Waals surface area contributed by atoms with E-state index in [2.05, 4.69) is 0 Å². The van der Waals surface area contributed by atoms with Crippen LogP contribution in [0.4, 0.5) is 0 Å². The Bertz CT molecular complexity index is 579. The van der Waals surface area contributed by atoms with E-state index in [0.717, 1.165) is 0 Å². The quantitative estimate of drug-likeness (QED) is 0.136. The average molecular weight is 490 g/mol. The van der Waals surface area contributed by atoms with Gasteiger partial charge in [0.15, 0.2) is 12.6 Å². The van der Waals surface area contributed by atoms with E-state index in [9.17, 15) is 56.2 Å². The van der Waals surface area contributed by atoms with Gasteiger partial charge in [-0.15, -0.1) is 0 Å². The molecular weight excluding hydrogens is 456 g/mol. The molecule has 2 fully saturated rings. The molecule has 0 bridgehead atoms. The standard InChI is InChI=1S/C18H34O15/c1-5(20)9(22)10(23)6(21)3-30-17-16(29)14(27)12(25)8(33-17)4-31-18-15(28)13(26)11(24)7(2-19)32-18/h5-29H,2-4H2,1H3/t5-,6+,7+,8+,9+,10+,11?,12+,13?,14-,15?,16?,17-,18-/m0/s1. The first-order chi connectivity index (χ1) is 15.4. The lowest BCUT2D eigenvalue weighted by atomic mass is 9.98. The van der Waals surface area contributed by atoms with Crippen LogP contribution in [0.25, 0.3) is 0 Å². The summed E-state index contributed by atoms with van der Waals surface area (Å²) in [4.78, 5) is 0. The smallest absolute Gasteiger partial charge is 0.186 e. The molecule has 196 valence electrons. The van der Waals surface area contributed by atoms with Crippen LogP contribution in [0.1, 0.15) is 6.92 Å². The molecule has 2 aliphatic heterocycles. The Morgan fingerprint density at radius 2 is 1.15 bits per heavy atom. The van der Waals surface area contributed by atoms with Crippen LogP contribution in [0.5, 0.6) is 0 Å². The second-order valence-corrected chi connectivity index (χ2v) is 8.17. The van der Waals surface area contributed by atoms with Crippen LogP contribution in [0.3, 0.4) is 0 Å². The molecule has 0 aromatic carbocycles. The monoisotopic (exact) mass is 490 g/mol. The van der Waals surface area contributed by atoms with Gasteiger partial charge in [-0.1, -0.05) is 0 Å². The van der Waals surface area contributed by atoms with E-state index in [4.69, 9.17) is 18.9 Å². The van der Waals surface area contributed by atoms with Crippen molar-refractivity contribution in [1.29, 1.82) is 0 Å². The molecule has 2 aliphatic rings. The zero-order valence-electron chi connectivity index (χ0n) is 17.8. The first-order valence-corrected chi connectivity index (χ1v) is 10.4. The van der Waals surface area contributed by atoms with Crippen molar-refractivity contribution < 1.29 is 75.1 Å². The largest absolute Gasteiger partial charge is 0.394 e. The van der Waals surface area contributed by atoms with Gasteiger partial charge in [0.25, 0.3) is 0 Å². The van der Waals surface area contributed by atoms with Gasteiger partial charge in [-0.25, -0.2) is 0 Å². The molecule has 0 saturated carbocycles. The van der Waals surface area contributed by atoms with Crippen molar-refractivity contribution in [1.82, 2.24) is 0 Å². The highest BCUT2D eigenvalue weighted by Gasteiger charge is 2.47. The van der Waals surface area contributed by atoms with Crippen molar-refractivity contribution in [2.24, 2.45) is 0 Å². The zero-order valence-corrected chi connectivity index (χ0v) is 17.8. The van der Waals surface area contributed by atoms with Gasteiger partial charge in [0.1, 0.15) is 67.1 Å². The summed E-state index contributed by atoms with van der Waals surface area (Å²) in [7, 11) is 0. The van der Waals surface area contributed by atoms with Gasteiger partial charge in [0, 0.05) is 0 Å². The third-order valence-electron chi connectivity index (χ3n) is 5.61. The normalized spacial score (nSPS) is 43.6. The maximum Gasteiger partial charge on any atom is 0.186 e. The van der Waals surface area contributed by atoms with Crippen LogP contribution in [0, 0.1) is 0 Å². The summed E-state index contributed by atoms with van der Waals surface area (Å²) >= 11 is 0. The van der Waals surface area contributed by atoms with Crippen LogP contribution in [-0.4, -0.2) is 162 Å². The van der Waals surface area contributed by atoms with Gasteiger partial charge in [0.05, 0.1) is 25.9 Å². The fourth-order valence-corrected chi connectivity index (χ4v) is 3.39. The molecule has 0 spiro atoms. The van der Waals surface area contributed by atoms with Gasteiger partial charge >= 0.3 is 0 Å². The molecular formula is C18H34O15. The van der Waals surface area contributed by atoms with E-state index in [0.29, 0.717) is 0 Å². The lowest BCUT2D eigenvalue weighted by Crippen LogP contribution is -2.62. The fraction of sp³-hybridized carbons (Fsp3) is 1.00. The van der Waals surface area contributed by atoms with Crippen molar-refractivity contribution >= 4 is 0 Å². The molecule has 11 N–H and O–H groups in total. The summed E-state index contributed by atoms with van der Waals surface area (Å²) in [5.41, 5.74) is 0. The van der Waals surface area contributed by atoms with Crippen LogP contribution < -0.4 is 0 Å². The number of hydrogen-bond acceptors (Lipinski definition) is 15. The van der Waals surface area contributed by atoms with E-state index in [1.165, 1.54) is 6.92 Å². The Kier molecular flexibility index (Phi) is 10.7. The van der Waals surface area contributed by atoms with Gasteiger partial charge in [-0.3, -0.25) is 0 Å². The number of aliphatic hydroxyl groups excluding tert-OH is 11. The summed E-state index contributed by atoms with van der Waals surface area (Å²) in [5, 5.41) is 108. The SMILES string of the molecule is C[C@H](O)[C@@H](O)[C@H](O)[C@H](O)CO[C@H]1O[C@H](CO[C@H]2O[C@H](CO)C(O)C(O)C2O)[C@@H](O)[C@H](O)C1O. The number of hydrogen-bond donors (Lipinski definition) is 11. The molecule has 33 heavy (non-hydrogen) atoms. The highest BCUT2D eigenvalue weighted by atomic mass is 16.7. The molecule has 2 rings (SSSR count). The predicted molar refractivity (Wildman–Crippen MR) is 102 cm³/mol. The third-order valence-corrected chi connectivity index (χ3v) is 5.61. The van der Waals surface area contributed by atoms with Crippen molar-refractivity contribution in [2.75, 3.05) is 19.8 Å². The topological polar surface area (TPSA) is 259 Å². The van der Waals surface area contributed by atoms with Gasteiger partial charge in [-0.2, -0.15) is 0 Å². The molecule has 0 aliphatic carbocycles. The van der Waals surface area contributed by atoms with E-state index in [1.807, 2.05) is 0 Å². The lowest BCUT2D eigenvalue weighted by molar-refractivity contribution is -0.333. The Morgan fingerprint density at radius 3 is 1.67 bits per heavy atom. The van der Waals surface area contributed by atoms with Crippen LogP contribution >= 0.6 is 0 Å². The van der Waals surface area contributed by atoms with Crippen LogP contribution in [0.15, 0.2) is 0 Å². The van der Waals surface area contributed by atoms with Crippen molar-refractivity contribution in [3.63, 3.8) is 0 Å². The summed E-state index contributed by atoms with van der Waals surface area (Å²) in [5.74, 6) is 0. The number of aliphatic hydroxyl groups is 11. The van der Waals surface area contributed by atoms with E-state index in [1.54, 1.807) is 0 Å². The first-order valence-electron chi connectivity index (χ1n) is 10.4. The predicted octanol–water partition coefficient (Wildman–Crippen LogP) is -6.91. The lowest BCUT2D eigenvalue weighted by Gasteiger charge is -2.42. The van der Waals surface area contributed by atoms with Crippen molar-refractivity contribution in [2.45, 2.75) is 92.8 Å². The number of rotatable bonds is 10. The second-order valence-electron chi connectivity index (χ2n) is 8.17. The molecule has 4 unspecified atom stereocenters. The van der Waals surface area contributed by atoms with Crippen molar-refractivity contribution in [3.8, 4) is 0 Å². The summed E-state index contributed by atoms with van der Waals surface area (Å²) in [6.45, 7) is -0.769. The van der Waals surface area contributed by atoms with E-state index < -0.39 is 106 Å². The second kappa shape index (κ2) is 12.4. The minimum Gasteiger partial charge on any atom is -0.394 e. The van der Waals surface area contributed by atoms with Crippen LogP contribution in [0.2, 0.25) is 0 Å². The summed E-state index contributed by atoms with van der Waals surface area (Å²) < 4.78 is 20.9. The average Bonchev–Trinajstić information content (AvgIpc) is 2.79. The Labute approximate surface area is 188 Å². The maximum absolute atomic E-state index is 10.2. The molecule has 0 aromatic rings. The molecule has 14 atom stereocenters. The molecule has 2 heterocycles. The molecule has 15 heteroatoms. The van der Waals surface area contributed by atoms with Crippen molar-refractivity contribution in [3.05, 3.63) is 0 Å². The third kappa shape index (κ3) is 6.75. The Hall–Kier alpha value is -0.600. The summed E-state index contributed by atoms with van der Waals surface area (Å²) in [6, 6.07) is 0. The molecule has 15 nitrogen and oxygen atoms in total. The van der Waals surface area contributed by atoms with Crippen LogP contribution in [-0.2, 0) is 18.9 Å². The first kappa shape index (κ1) is 28.6. The fourth-order valence-electron chi connectivity index (χ4n) is 3.39. The highest BCUT2D eigenvalue weighted by molar-refractivity contribution is 4.92. The van der Waals surface area contributed by atoms with E-state index in [-0.39, 0.29) is 0 Å². The zero-order chi connectivity index (χ0) is 25.0. The molecule has 0 aromatic heterocycles. The van der Waals surface area contributed by atoms with E-state index >= 15 is 0 Å². The minimum atomic E-state index is -1.80. The van der Waals surface area contributed by atoms with Gasteiger partial charge in [-0.05, 0) is 6.92 Å². The maximum atomic E-state index is 10.2. The minimum absolute atomic E-state index is 0.570. The van der Waals surface area contributed by atoms with Gasteiger partial charge in [0.2, 0.25) is 0 Å². The number of ether oxygens (including phenoxy) is 4. The highest BCUT2D eigenvalue weighted by Crippen LogP contribution is 2.26. The van der Waals surface area contributed by atoms with Gasteiger partial charge < -0.3 is 75.1 Å². The summed E-state index contributed by atoms with van der Waals surface area (Å²) in [6.07, 6.45) is -22.6.